The van der Waals surface area contributed by atoms with Crippen molar-refractivity contribution in [1.29, 1.82) is 0 Å². The van der Waals surface area contributed by atoms with Gasteiger partial charge in [-0.15, -0.1) is 0 Å². The predicted molar refractivity (Wildman–Crippen MR) is 94.6 cm³/mol. The molecule has 1 N–H and O–H groups in total. The van der Waals surface area contributed by atoms with Crippen LogP contribution in [0.3, 0.4) is 0 Å². The van der Waals surface area contributed by atoms with Crippen LogP contribution in [0.1, 0.15) is 24.2 Å². The molecule has 0 amide bonds. The van der Waals surface area contributed by atoms with Crippen LogP contribution in [-0.2, 0) is 6.61 Å². The lowest BCUT2D eigenvalue weighted by atomic mass is 10.1. The molecule has 24 heavy (non-hydrogen) atoms. The van der Waals surface area contributed by atoms with Gasteiger partial charge in [0.2, 0.25) is 0 Å². The Labute approximate surface area is 145 Å². The number of carbonyl (C=O) groups excluding carboxylic acids is 1. The van der Waals surface area contributed by atoms with E-state index in [4.69, 9.17) is 16.3 Å². The second kappa shape index (κ2) is 6.30. The minimum atomic E-state index is -1.08. The Kier molecular flexibility index (Phi) is 4.35. The van der Waals surface area contributed by atoms with Crippen LogP contribution in [0.5, 0.6) is 5.75 Å². The second-order valence-electron chi connectivity index (χ2n) is 6.07. The number of aliphatic hydroxyl groups excluding tert-OH is 1. The molecule has 1 aromatic heterocycles. The Hall–Kier alpha value is -2.30. The quantitative estimate of drug-likeness (QED) is 0.769. The third-order valence-electron chi connectivity index (χ3n) is 3.89. The Morgan fingerprint density at radius 3 is 2.50 bits per heavy atom. The first-order valence-electron chi connectivity index (χ1n) is 7.61. The number of fused-ring (bicyclic) bond motifs is 1. The van der Waals surface area contributed by atoms with Crippen LogP contribution in [0.2, 0.25) is 5.02 Å². The SMILES string of the molecule is CC(C)(Oc1ccc(Cl)cc1)C(=O)n1cc(CO)c2ccccc21. The van der Waals surface area contributed by atoms with Crippen molar-refractivity contribution in [3.8, 4) is 5.75 Å². The summed E-state index contributed by atoms with van der Waals surface area (Å²) in [7, 11) is 0. The van der Waals surface area contributed by atoms with Gasteiger partial charge in [0.15, 0.2) is 5.60 Å². The predicted octanol–water partition coefficient (Wildman–Crippen LogP) is 4.28. The summed E-state index contributed by atoms with van der Waals surface area (Å²) < 4.78 is 7.41. The van der Waals surface area contributed by atoms with E-state index in [0.29, 0.717) is 16.3 Å². The van der Waals surface area contributed by atoms with Crippen LogP contribution in [0, 0.1) is 0 Å². The molecule has 0 unspecified atom stereocenters. The van der Waals surface area contributed by atoms with Crippen LogP contribution >= 0.6 is 11.6 Å². The molecule has 5 heteroatoms. The van der Waals surface area contributed by atoms with E-state index >= 15 is 0 Å². The van der Waals surface area contributed by atoms with Crippen LogP contribution in [-0.4, -0.2) is 21.2 Å². The smallest absolute Gasteiger partial charge is 0.274 e. The van der Waals surface area contributed by atoms with Crippen molar-refractivity contribution in [2.75, 3.05) is 0 Å². The molecule has 0 aliphatic rings. The van der Waals surface area contributed by atoms with E-state index < -0.39 is 5.60 Å². The van der Waals surface area contributed by atoms with Crippen LogP contribution < -0.4 is 4.74 Å². The summed E-state index contributed by atoms with van der Waals surface area (Å²) in [4.78, 5) is 13.0. The van der Waals surface area contributed by atoms with E-state index in [-0.39, 0.29) is 12.5 Å². The van der Waals surface area contributed by atoms with Crippen molar-refractivity contribution in [2.24, 2.45) is 0 Å². The van der Waals surface area contributed by atoms with E-state index in [1.165, 1.54) is 4.57 Å². The minimum absolute atomic E-state index is 0.126. The average Bonchev–Trinajstić information content (AvgIpc) is 2.95. The maximum absolute atomic E-state index is 13.0. The van der Waals surface area contributed by atoms with Crippen molar-refractivity contribution >= 4 is 28.4 Å². The highest BCUT2D eigenvalue weighted by atomic mass is 35.5. The summed E-state index contributed by atoms with van der Waals surface area (Å²) in [5.41, 5.74) is 0.378. The molecule has 0 saturated carbocycles. The summed E-state index contributed by atoms with van der Waals surface area (Å²) in [6.45, 7) is 3.31. The molecule has 0 spiro atoms. The third-order valence-corrected chi connectivity index (χ3v) is 4.14. The Bertz CT molecular complexity index is 881. The molecule has 0 bridgehead atoms. The van der Waals surface area contributed by atoms with Gasteiger partial charge in [-0.1, -0.05) is 29.8 Å². The molecule has 0 aliphatic carbocycles. The van der Waals surface area contributed by atoms with Crippen molar-refractivity contribution in [1.82, 2.24) is 4.57 Å². The minimum Gasteiger partial charge on any atom is -0.478 e. The van der Waals surface area contributed by atoms with Gasteiger partial charge in [0, 0.05) is 22.2 Å². The standard InChI is InChI=1S/C19H18ClNO3/c1-19(2,24-15-9-7-14(20)8-10-15)18(23)21-11-13(12-22)16-5-3-4-6-17(16)21/h3-11,22H,12H2,1-2H3. The summed E-state index contributed by atoms with van der Waals surface area (Å²) in [5, 5.41) is 11.0. The van der Waals surface area contributed by atoms with Gasteiger partial charge in [-0.2, -0.15) is 0 Å². The zero-order chi connectivity index (χ0) is 17.3. The number of aromatic nitrogens is 1. The van der Waals surface area contributed by atoms with Gasteiger partial charge in [0.1, 0.15) is 5.75 Å². The number of halogens is 1. The summed E-state index contributed by atoms with van der Waals surface area (Å²) in [5.74, 6) is 0.352. The number of rotatable bonds is 4. The third kappa shape index (κ3) is 3.03. The molecule has 3 aromatic rings. The van der Waals surface area contributed by atoms with E-state index in [1.54, 1.807) is 44.3 Å². The highest BCUT2D eigenvalue weighted by Gasteiger charge is 2.32. The fourth-order valence-electron chi connectivity index (χ4n) is 2.68. The van der Waals surface area contributed by atoms with Gasteiger partial charge in [0.05, 0.1) is 12.1 Å². The molecule has 1 heterocycles. The maximum atomic E-state index is 13.0. The molecule has 3 rings (SSSR count). The zero-order valence-electron chi connectivity index (χ0n) is 13.5. The summed E-state index contributed by atoms with van der Waals surface area (Å²) >= 11 is 5.88. The fourth-order valence-corrected chi connectivity index (χ4v) is 2.80. The Balaban J connectivity index is 1.97. The molecule has 0 radical (unpaired) electrons. The van der Waals surface area contributed by atoms with Crippen molar-refractivity contribution in [2.45, 2.75) is 26.1 Å². The molecule has 2 aromatic carbocycles. The van der Waals surface area contributed by atoms with Crippen LogP contribution in [0.4, 0.5) is 0 Å². The summed E-state index contributed by atoms with van der Waals surface area (Å²) in [6, 6.07) is 14.4. The molecular weight excluding hydrogens is 326 g/mol. The lowest BCUT2D eigenvalue weighted by Gasteiger charge is -2.25. The number of nitrogens with zero attached hydrogens (tertiary/aromatic N) is 1. The zero-order valence-corrected chi connectivity index (χ0v) is 14.2. The van der Waals surface area contributed by atoms with Crippen LogP contribution in [0.25, 0.3) is 10.9 Å². The first-order chi connectivity index (χ1) is 11.4. The lowest BCUT2D eigenvalue weighted by molar-refractivity contribution is 0.0493. The summed E-state index contributed by atoms with van der Waals surface area (Å²) in [6.07, 6.45) is 1.67. The highest BCUT2D eigenvalue weighted by Crippen LogP contribution is 2.26. The first-order valence-corrected chi connectivity index (χ1v) is 7.99. The largest absolute Gasteiger partial charge is 0.478 e. The van der Waals surface area contributed by atoms with E-state index in [2.05, 4.69) is 0 Å². The molecule has 0 fully saturated rings. The van der Waals surface area contributed by atoms with Gasteiger partial charge in [-0.25, -0.2) is 0 Å². The number of carbonyl (C=O) groups is 1. The molecule has 4 nitrogen and oxygen atoms in total. The van der Waals surface area contributed by atoms with E-state index in [1.807, 2.05) is 24.3 Å². The number of hydrogen-bond acceptors (Lipinski definition) is 3. The molecule has 124 valence electrons. The number of benzene rings is 2. The van der Waals surface area contributed by atoms with Crippen LogP contribution in [0.15, 0.2) is 54.7 Å². The first kappa shape index (κ1) is 16.6. The Morgan fingerprint density at radius 2 is 1.83 bits per heavy atom. The second-order valence-corrected chi connectivity index (χ2v) is 6.51. The highest BCUT2D eigenvalue weighted by molar-refractivity contribution is 6.30. The average molecular weight is 344 g/mol. The van der Waals surface area contributed by atoms with Crippen molar-refractivity contribution < 1.29 is 14.6 Å². The van der Waals surface area contributed by atoms with Gasteiger partial charge in [-0.05, 0) is 44.2 Å². The normalized spacial score (nSPS) is 11.7. The molecular formula is C19H18ClNO3. The molecule has 0 saturated heterocycles. The van der Waals surface area contributed by atoms with Gasteiger partial charge in [0.25, 0.3) is 5.91 Å². The Morgan fingerprint density at radius 1 is 1.17 bits per heavy atom. The van der Waals surface area contributed by atoms with E-state index in [9.17, 15) is 9.90 Å². The number of ether oxygens (including phenoxy) is 1. The monoisotopic (exact) mass is 343 g/mol. The molecule has 0 aliphatic heterocycles. The van der Waals surface area contributed by atoms with Crippen molar-refractivity contribution in [3.63, 3.8) is 0 Å². The lowest BCUT2D eigenvalue weighted by Crippen LogP contribution is -2.41. The maximum Gasteiger partial charge on any atom is 0.274 e. The fraction of sp³-hybridized carbons (Fsp3) is 0.211. The molecule has 0 atom stereocenters. The number of aliphatic hydroxyl groups is 1. The number of para-hydroxylation sites is 1. The topological polar surface area (TPSA) is 51.5 Å². The van der Waals surface area contributed by atoms with Gasteiger partial charge < -0.3 is 9.84 Å². The van der Waals surface area contributed by atoms with Gasteiger partial charge >= 0.3 is 0 Å². The van der Waals surface area contributed by atoms with Gasteiger partial charge in [-0.3, -0.25) is 9.36 Å². The van der Waals surface area contributed by atoms with Crippen molar-refractivity contribution in [3.05, 3.63) is 65.3 Å². The van der Waals surface area contributed by atoms with E-state index in [0.717, 1.165) is 10.9 Å². The number of hydrogen-bond donors (Lipinski definition) is 1.